The van der Waals surface area contributed by atoms with Crippen LogP contribution in [0.4, 0.5) is 5.69 Å². The van der Waals surface area contributed by atoms with E-state index in [1.807, 2.05) is 12.1 Å². The minimum Gasteiger partial charge on any atom is -0.508 e. The van der Waals surface area contributed by atoms with Crippen molar-refractivity contribution in [3.8, 4) is 5.75 Å². The Kier molecular flexibility index (Phi) is 4.72. The van der Waals surface area contributed by atoms with Crippen molar-refractivity contribution < 1.29 is 9.53 Å². The Morgan fingerprint density at radius 3 is 2.73 bits per heavy atom. The number of nitrogens with two attached hydrogens (primary N) is 2. The molecule has 0 saturated carbocycles. The Labute approximate surface area is 151 Å². The van der Waals surface area contributed by atoms with Crippen LogP contribution in [-0.2, 0) is 6.42 Å². The van der Waals surface area contributed by atoms with Gasteiger partial charge >= 0.3 is 0 Å². The van der Waals surface area contributed by atoms with Crippen molar-refractivity contribution in [2.24, 2.45) is 16.5 Å². The number of aliphatic imine (C=N–C) groups is 1. The molecule has 0 atom stereocenters. The molecule has 6 nitrogen and oxygen atoms in total. The largest absolute Gasteiger partial charge is 0.508 e. The van der Waals surface area contributed by atoms with Crippen molar-refractivity contribution >= 4 is 23.1 Å². The molecule has 0 saturated heterocycles. The molecule has 3 rings (SSSR count). The molecule has 0 fully saturated rings. The number of benzene rings is 2. The zero-order chi connectivity index (χ0) is 18.7. The van der Waals surface area contributed by atoms with Crippen LogP contribution < -0.4 is 16.2 Å². The van der Waals surface area contributed by atoms with Crippen LogP contribution in [0, 0.1) is 6.57 Å². The summed E-state index contributed by atoms with van der Waals surface area (Å²) in [6, 6.07) is 11.0. The molecule has 0 bridgehead atoms. The van der Waals surface area contributed by atoms with Gasteiger partial charge in [-0.25, -0.2) is 4.85 Å². The number of nitrogens with zero attached hydrogens (tertiary/aromatic N) is 2. The zero-order valence-electron chi connectivity index (χ0n) is 14.3. The quantitative estimate of drug-likeness (QED) is 0.507. The third-order valence-corrected chi connectivity index (χ3v) is 4.25. The summed E-state index contributed by atoms with van der Waals surface area (Å²) in [4.78, 5) is 19.3. The lowest BCUT2D eigenvalue weighted by molar-refractivity contribution is 0.100. The Morgan fingerprint density at radius 1 is 1.23 bits per heavy atom. The number of ether oxygens (including phenoxy) is 1. The minimum atomic E-state index is -0.477. The number of amides is 1. The summed E-state index contributed by atoms with van der Waals surface area (Å²) in [7, 11) is 1.54. The summed E-state index contributed by atoms with van der Waals surface area (Å²) in [5, 5.41) is 0. The lowest BCUT2D eigenvalue weighted by Crippen LogP contribution is -2.24. The second kappa shape index (κ2) is 7.11. The number of fused-ring (bicyclic) bond motifs is 1. The lowest BCUT2D eigenvalue weighted by Gasteiger charge is -2.19. The maximum Gasteiger partial charge on any atom is 0.280 e. The fraction of sp³-hybridized carbons (Fsp3) is 0.150. The number of methoxy groups -OCH3 is 1. The van der Waals surface area contributed by atoms with Gasteiger partial charge in [0.1, 0.15) is 5.75 Å². The van der Waals surface area contributed by atoms with Crippen molar-refractivity contribution in [2.75, 3.05) is 7.11 Å². The predicted octanol–water partition coefficient (Wildman–Crippen LogP) is 3.04. The molecule has 6 heteroatoms. The lowest BCUT2D eigenvalue weighted by atomic mass is 9.85. The van der Waals surface area contributed by atoms with Gasteiger partial charge < -0.3 is 16.2 Å². The van der Waals surface area contributed by atoms with Crippen molar-refractivity contribution in [3.63, 3.8) is 0 Å². The summed E-state index contributed by atoms with van der Waals surface area (Å²) in [6.07, 6.45) is 3.90. The van der Waals surface area contributed by atoms with Crippen molar-refractivity contribution in [1.29, 1.82) is 0 Å². The molecule has 1 aliphatic rings. The highest BCUT2D eigenvalue weighted by atomic mass is 16.5. The second-order valence-electron chi connectivity index (χ2n) is 5.87. The van der Waals surface area contributed by atoms with Crippen molar-refractivity contribution in [1.82, 2.24) is 0 Å². The highest BCUT2D eigenvalue weighted by Crippen LogP contribution is 2.37. The van der Waals surface area contributed by atoms with E-state index in [-0.39, 0.29) is 5.96 Å². The minimum absolute atomic E-state index is 0.264. The first-order valence-electron chi connectivity index (χ1n) is 8.06. The fourth-order valence-electron chi connectivity index (χ4n) is 3.06. The van der Waals surface area contributed by atoms with Gasteiger partial charge in [0.25, 0.3) is 5.91 Å². The van der Waals surface area contributed by atoms with Crippen molar-refractivity contribution in [3.05, 3.63) is 76.1 Å². The Morgan fingerprint density at radius 2 is 2.04 bits per heavy atom. The van der Waals surface area contributed by atoms with Crippen LogP contribution >= 0.6 is 0 Å². The van der Waals surface area contributed by atoms with E-state index in [4.69, 9.17) is 22.8 Å². The summed E-state index contributed by atoms with van der Waals surface area (Å²) in [5.74, 6) is -0.202. The van der Waals surface area contributed by atoms with E-state index in [0.717, 1.165) is 35.1 Å². The molecule has 0 heterocycles. The zero-order valence-corrected chi connectivity index (χ0v) is 14.3. The number of aryl methyl sites for hydroxylation is 1. The SMILES string of the molecule is [C-]#[N+]c1cc(C2=CCCc3ccc(C(=O)N=C(N)N)cc32)ccc1OC. The number of carbonyl (C=O) groups excluding carboxylic acids is 1. The van der Waals surface area contributed by atoms with E-state index >= 15 is 0 Å². The normalized spacial score (nSPS) is 12.4. The van der Waals surface area contributed by atoms with Crippen LogP contribution in [0.5, 0.6) is 5.75 Å². The van der Waals surface area contributed by atoms with Gasteiger partial charge in [0, 0.05) is 5.56 Å². The maximum absolute atomic E-state index is 12.1. The highest BCUT2D eigenvalue weighted by molar-refractivity contribution is 6.02. The van der Waals surface area contributed by atoms with Crippen LogP contribution in [0.3, 0.4) is 0 Å². The molecule has 130 valence electrons. The molecule has 0 unspecified atom stereocenters. The average molecular weight is 346 g/mol. The smallest absolute Gasteiger partial charge is 0.280 e. The summed E-state index contributed by atoms with van der Waals surface area (Å²) in [6.45, 7) is 7.34. The first-order valence-corrected chi connectivity index (χ1v) is 8.06. The van der Waals surface area contributed by atoms with Gasteiger partial charge in [0.05, 0.1) is 13.7 Å². The average Bonchev–Trinajstić information content (AvgIpc) is 2.66. The molecule has 1 aliphatic carbocycles. The van der Waals surface area contributed by atoms with Crippen LogP contribution in [0.25, 0.3) is 10.4 Å². The number of hydrogen-bond acceptors (Lipinski definition) is 2. The molecule has 0 radical (unpaired) electrons. The van der Waals surface area contributed by atoms with Gasteiger partial charge in [0.2, 0.25) is 5.69 Å². The summed E-state index contributed by atoms with van der Waals surface area (Å²) >= 11 is 0. The number of hydrogen-bond donors (Lipinski definition) is 2. The van der Waals surface area contributed by atoms with Gasteiger partial charge in [-0.1, -0.05) is 18.2 Å². The van der Waals surface area contributed by atoms with E-state index in [1.165, 1.54) is 0 Å². The molecular weight excluding hydrogens is 328 g/mol. The number of rotatable bonds is 3. The van der Waals surface area contributed by atoms with Crippen molar-refractivity contribution in [2.45, 2.75) is 12.8 Å². The molecule has 4 N–H and O–H groups in total. The highest BCUT2D eigenvalue weighted by Gasteiger charge is 2.18. The molecule has 2 aromatic rings. The number of guanidine groups is 1. The Balaban J connectivity index is 2.08. The molecule has 26 heavy (non-hydrogen) atoms. The first-order chi connectivity index (χ1) is 12.5. The number of allylic oxidation sites excluding steroid dienone is 1. The third kappa shape index (κ3) is 3.28. The second-order valence-corrected chi connectivity index (χ2v) is 5.87. The van der Waals surface area contributed by atoms with Gasteiger partial charge in [-0.2, -0.15) is 4.99 Å². The van der Waals surface area contributed by atoms with E-state index in [9.17, 15) is 4.79 Å². The molecule has 2 aromatic carbocycles. The van der Waals surface area contributed by atoms with Crippen LogP contribution in [0.1, 0.15) is 33.5 Å². The van der Waals surface area contributed by atoms with Crippen LogP contribution in [0.2, 0.25) is 0 Å². The molecule has 0 aromatic heterocycles. The van der Waals surface area contributed by atoms with E-state index in [1.54, 1.807) is 31.4 Å². The predicted molar refractivity (Wildman–Crippen MR) is 101 cm³/mol. The van der Waals surface area contributed by atoms with Crippen LogP contribution in [-0.4, -0.2) is 19.0 Å². The third-order valence-electron chi connectivity index (χ3n) is 4.25. The number of carbonyl (C=O) groups is 1. The molecule has 0 aliphatic heterocycles. The van der Waals surface area contributed by atoms with Gasteiger partial charge in [-0.3, -0.25) is 4.79 Å². The Bertz CT molecular complexity index is 980. The fourth-order valence-corrected chi connectivity index (χ4v) is 3.06. The standard InChI is InChI=1S/C20H18N4O2/c1-23-17-11-13(8-9-18(17)26-2)15-5-3-4-12-6-7-14(10-16(12)15)19(25)24-20(21)22/h5-11H,3-4H2,2H3,(H4,21,22,24,25). The maximum atomic E-state index is 12.1. The van der Waals surface area contributed by atoms with Gasteiger partial charge in [-0.15, -0.1) is 0 Å². The monoisotopic (exact) mass is 346 g/mol. The molecular formula is C20H18N4O2. The summed E-state index contributed by atoms with van der Waals surface area (Å²) in [5.41, 5.74) is 15.5. The summed E-state index contributed by atoms with van der Waals surface area (Å²) < 4.78 is 5.22. The molecule has 0 spiro atoms. The van der Waals surface area contributed by atoms with E-state index in [2.05, 4.69) is 15.9 Å². The van der Waals surface area contributed by atoms with E-state index in [0.29, 0.717) is 17.0 Å². The van der Waals surface area contributed by atoms with Gasteiger partial charge in [0.15, 0.2) is 5.96 Å². The first kappa shape index (κ1) is 17.2. The Hall–Kier alpha value is -3.59. The van der Waals surface area contributed by atoms with E-state index < -0.39 is 5.91 Å². The van der Waals surface area contributed by atoms with Gasteiger partial charge in [-0.05, 0) is 59.4 Å². The topological polar surface area (TPSA) is 95.1 Å². The van der Waals surface area contributed by atoms with Crippen LogP contribution in [0.15, 0.2) is 47.5 Å². The molecule has 1 amide bonds.